The summed E-state index contributed by atoms with van der Waals surface area (Å²) in [6.07, 6.45) is 6.47. The number of aromatic hydroxyl groups is 1. The zero-order valence-corrected chi connectivity index (χ0v) is 12.0. The van der Waals surface area contributed by atoms with Crippen LogP contribution in [0, 0.1) is 0 Å². The highest BCUT2D eigenvalue weighted by Crippen LogP contribution is 2.12. The molecule has 0 saturated heterocycles. The lowest BCUT2D eigenvalue weighted by Crippen LogP contribution is -2.37. The van der Waals surface area contributed by atoms with Crippen molar-refractivity contribution in [3.8, 4) is 5.75 Å². The van der Waals surface area contributed by atoms with Crippen molar-refractivity contribution in [2.24, 2.45) is 0 Å². The smallest absolute Gasteiger partial charge is 0.155 e. The standard InChI is InChI=1S/C16H21N3O2/c1-2-15(20)5-3-4-14-12-19(18-17-14)11-10-13-6-8-16(21)9-7-13/h2,6-9,12,17-18,21H,1,3-5,10-11H2. The van der Waals surface area contributed by atoms with E-state index in [2.05, 4.69) is 17.5 Å². The third-order valence-electron chi connectivity index (χ3n) is 3.35. The predicted octanol–water partition coefficient (Wildman–Crippen LogP) is 2.03. The van der Waals surface area contributed by atoms with Gasteiger partial charge in [-0.05, 0) is 43.0 Å². The van der Waals surface area contributed by atoms with E-state index in [-0.39, 0.29) is 11.5 Å². The number of hydrogen-bond donors (Lipinski definition) is 3. The van der Waals surface area contributed by atoms with Gasteiger partial charge in [-0.2, -0.15) is 0 Å². The molecule has 1 aliphatic rings. The van der Waals surface area contributed by atoms with Gasteiger partial charge in [0.05, 0.1) is 0 Å². The van der Waals surface area contributed by atoms with E-state index in [0.29, 0.717) is 6.42 Å². The van der Waals surface area contributed by atoms with Gasteiger partial charge in [-0.3, -0.25) is 9.80 Å². The van der Waals surface area contributed by atoms with Crippen LogP contribution in [-0.4, -0.2) is 22.4 Å². The molecule has 0 radical (unpaired) electrons. The Hall–Kier alpha value is -2.27. The monoisotopic (exact) mass is 287 g/mol. The molecule has 2 rings (SSSR count). The summed E-state index contributed by atoms with van der Waals surface area (Å²) in [7, 11) is 0. The van der Waals surface area contributed by atoms with E-state index in [0.717, 1.165) is 31.5 Å². The first-order valence-corrected chi connectivity index (χ1v) is 7.09. The van der Waals surface area contributed by atoms with Crippen molar-refractivity contribution in [3.05, 3.63) is 54.4 Å². The molecule has 0 aliphatic carbocycles. The van der Waals surface area contributed by atoms with Crippen molar-refractivity contribution in [1.82, 2.24) is 16.0 Å². The highest BCUT2D eigenvalue weighted by molar-refractivity contribution is 5.88. The van der Waals surface area contributed by atoms with Gasteiger partial charge < -0.3 is 10.5 Å². The average Bonchev–Trinajstić information content (AvgIpc) is 2.94. The molecule has 3 N–H and O–H groups in total. The van der Waals surface area contributed by atoms with Crippen molar-refractivity contribution in [2.75, 3.05) is 6.54 Å². The van der Waals surface area contributed by atoms with E-state index in [1.165, 1.54) is 11.6 Å². The molecule has 0 saturated carbocycles. The Morgan fingerprint density at radius 1 is 1.29 bits per heavy atom. The third-order valence-corrected chi connectivity index (χ3v) is 3.35. The lowest BCUT2D eigenvalue weighted by Gasteiger charge is -2.14. The highest BCUT2D eigenvalue weighted by Gasteiger charge is 2.10. The molecular weight excluding hydrogens is 266 g/mol. The Kier molecular flexibility index (Phi) is 5.40. The number of allylic oxidation sites excluding steroid dienone is 2. The normalized spacial score (nSPS) is 13.7. The minimum Gasteiger partial charge on any atom is -0.508 e. The van der Waals surface area contributed by atoms with Gasteiger partial charge in [0.25, 0.3) is 0 Å². The summed E-state index contributed by atoms with van der Waals surface area (Å²) >= 11 is 0. The number of carbonyl (C=O) groups is 1. The van der Waals surface area contributed by atoms with Gasteiger partial charge in [0.15, 0.2) is 5.78 Å². The summed E-state index contributed by atoms with van der Waals surface area (Å²) in [5.41, 5.74) is 8.44. The van der Waals surface area contributed by atoms with Gasteiger partial charge in [-0.15, -0.1) is 5.53 Å². The average molecular weight is 287 g/mol. The lowest BCUT2D eigenvalue weighted by atomic mass is 10.1. The summed E-state index contributed by atoms with van der Waals surface area (Å²) in [4.78, 5) is 11.1. The summed E-state index contributed by atoms with van der Waals surface area (Å²) in [5, 5.41) is 11.2. The fourth-order valence-corrected chi connectivity index (χ4v) is 2.11. The molecule has 1 aromatic rings. The van der Waals surface area contributed by atoms with E-state index >= 15 is 0 Å². The van der Waals surface area contributed by atoms with E-state index < -0.39 is 0 Å². The van der Waals surface area contributed by atoms with Crippen LogP contribution in [0.25, 0.3) is 0 Å². The predicted molar refractivity (Wildman–Crippen MR) is 81.9 cm³/mol. The van der Waals surface area contributed by atoms with Crippen LogP contribution < -0.4 is 11.0 Å². The number of phenols is 1. The van der Waals surface area contributed by atoms with Gasteiger partial charge in [-0.1, -0.05) is 18.7 Å². The molecule has 0 aromatic heterocycles. The van der Waals surface area contributed by atoms with E-state index in [1.54, 1.807) is 12.1 Å². The maximum Gasteiger partial charge on any atom is 0.155 e. The van der Waals surface area contributed by atoms with Crippen molar-refractivity contribution in [2.45, 2.75) is 25.7 Å². The van der Waals surface area contributed by atoms with Crippen molar-refractivity contribution >= 4 is 5.78 Å². The molecule has 0 bridgehead atoms. The SMILES string of the molecule is C=CC(=O)CCCC1=CN(CCc2ccc(O)cc2)NN1. The fraction of sp³-hybridized carbons (Fsp3) is 0.312. The fourth-order valence-electron chi connectivity index (χ4n) is 2.11. The van der Waals surface area contributed by atoms with Crippen LogP contribution in [0.5, 0.6) is 5.75 Å². The van der Waals surface area contributed by atoms with Crippen LogP contribution >= 0.6 is 0 Å². The summed E-state index contributed by atoms with van der Waals surface area (Å²) in [6.45, 7) is 4.29. The number of nitrogens with zero attached hydrogens (tertiary/aromatic N) is 1. The van der Waals surface area contributed by atoms with Gasteiger partial charge in [0, 0.05) is 24.9 Å². The lowest BCUT2D eigenvalue weighted by molar-refractivity contribution is -0.114. The third kappa shape index (κ3) is 4.96. The molecule has 1 heterocycles. The molecule has 5 heteroatoms. The topological polar surface area (TPSA) is 64.6 Å². The zero-order chi connectivity index (χ0) is 15.1. The van der Waals surface area contributed by atoms with Crippen LogP contribution in [0.3, 0.4) is 0 Å². The minimum atomic E-state index is 0.0887. The van der Waals surface area contributed by atoms with Gasteiger partial charge in [-0.25, -0.2) is 0 Å². The number of benzene rings is 1. The van der Waals surface area contributed by atoms with E-state index in [9.17, 15) is 9.90 Å². The minimum absolute atomic E-state index is 0.0887. The molecular formula is C16H21N3O2. The number of hydrazine groups is 2. The number of ketones is 1. The van der Waals surface area contributed by atoms with Crippen LogP contribution in [0.15, 0.2) is 48.8 Å². The second-order valence-corrected chi connectivity index (χ2v) is 5.02. The molecule has 5 nitrogen and oxygen atoms in total. The highest BCUT2D eigenvalue weighted by atomic mass is 16.3. The van der Waals surface area contributed by atoms with Crippen LogP contribution in [0.1, 0.15) is 24.8 Å². The first kappa shape index (κ1) is 15.1. The van der Waals surface area contributed by atoms with Crippen LogP contribution in [-0.2, 0) is 11.2 Å². The maximum absolute atomic E-state index is 11.1. The molecule has 1 aromatic carbocycles. The molecule has 1 aliphatic heterocycles. The largest absolute Gasteiger partial charge is 0.508 e. The van der Waals surface area contributed by atoms with E-state index in [4.69, 9.17) is 0 Å². The van der Waals surface area contributed by atoms with Crippen LogP contribution in [0.4, 0.5) is 0 Å². The van der Waals surface area contributed by atoms with Crippen molar-refractivity contribution < 1.29 is 9.90 Å². The molecule has 0 unspecified atom stereocenters. The second-order valence-electron chi connectivity index (χ2n) is 5.02. The first-order valence-electron chi connectivity index (χ1n) is 7.09. The second kappa shape index (κ2) is 7.50. The summed E-state index contributed by atoms with van der Waals surface area (Å²) in [5.74, 6) is 0.377. The Balaban J connectivity index is 1.72. The molecule has 0 fully saturated rings. The van der Waals surface area contributed by atoms with Crippen molar-refractivity contribution in [3.63, 3.8) is 0 Å². The molecule has 21 heavy (non-hydrogen) atoms. The first-order chi connectivity index (χ1) is 10.2. The Morgan fingerprint density at radius 2 is 2.05 bits per heavy atom. The van der Waals surface area contributed by atoms with Gasteiger partial charge >= 0.3 is 0 Å². The number of carbonyl (C=O) groups excluding carboxylic acids is 1. The molecule has 112 valence electrons. The Bertz CT molecular complexity index is 523. The quantitative estimate of drug-likeness (QED) is 0.639. The summed E-state index contributed by atoms with van der Waals surface area (Å²) in [6, 6.07) is 7.24. The zero-order valence-electron chi connectivity index (χ0n) is 12.0. The Labute approximate surface area is 124 Å². The molecule has 0 atom stereocenters. The number of hydrogen-bond acceptors (Lipinski definition) is 5. The number of rotatable bonds is 8. The van der Waals surface area contributed by atoms with Crippen LogP contribution in [0.2, 0.25) is 0 Å². The molecule has 0 spiro atoms. The summed E-state index contributed by atoms with van der Waals surface area (Å²) < 4.78 is 0. The van der Waals surface area contributed by atoms with Gasteiger partial charge in [0.1, 0.15) is 5.75 Å². The number of phenolic OH excluding ortho intramolecular Hbond substituents is 1. The van der Waals surface area contributed by atoms with Gasteiger partial charge in [0.2, 0.25) is 0 Å². The van der Waals surface area contributed by atoms with E-state index in [1.807, 2.05) is 23.3 Å². The maximum atomic E-state index is 11.1. The Morgan fingerprint density at radius 3 is 2.76 bits per heavy atom. The number of nitrogens with one attached hydrogen (secondary N) is 2. The molecule has 0 amide bonds. The van der Waals surface area contributed by atoms with Crippen molar-refractivity contribution in [1.29, 1.82) is 0 Å².